The Bertz CT molecular complexity index is 2870. The second-order valence-electron chi connectivity index (χ2n) is 16.2. The fraction of sp³-hybridized carbons (Fsp3) is 0.364. The number of nitrogens with zero attached hydrogens (tertiary/aromatic N) is 8. The highest BCUT2D eigenvalue weighted by molar-refractivity contribution is 6.03. The van der Waals surface area contributed by atoms with Gasteiger partial charge in [-0.05, 0) is 79.9 Å². The summed E-state index contributed by atoms with van der Waals surface area (Å²) >= 11 is 0. The van der Waals surface area contributed by atoms with E-state index >= 15 is 0 Å². The number of alkyl halides is 5. The third-order valence-electron chi connectivity index (χ3n) is 11.5. The fourth-order valence-corrected chi connectivity index (χ4v) is 8.09. The molecular weight excluding hydrogens is 890 g/mol. The fourth-order valence-electron chi connectivity index (χ4n) is 8.09. The second kappa shape index (κ2) is 19.3. The highest BCUT2D eigenvalue weighted by atomic mass is 19.4. The Morgan fingerprint density at radius 2 is 1.84 bits per heavy atom. The summed E-state index contributed by atoms with van der Waals surface area (Å²) in [5.74, 6) is -2.28. The molecule has 4 aromatic heterocycles. The number of hydrogen-bond donors (Lipinski definition) is 3. The van der Waals surface area contributed by atoms with Crippen LogP contribution in [0.15, 0.2) is 82.5 Å². The zero-order valence-corrected chi connectivity index (χ0v) is 36.1. The Labute approximate surface area is 377 Å². The van der Waals surface area contributed by atoms with E-state index in [2.05, 4.69) is 35.9 Å². The first-order valence-corrected chi connectivity index (χ1v) is 21.2. The van der Waals surface area contributed by atoms with Crippen molar-refractivity contribution >= 4 is 46.2 Å². The van der Waals surface area contributed by atoms with E-state index in [1.807, 2.05) is 18.2 Å². The average Bonchev–Trinajstić information content (AvgIpc) is 4.03. The van der Waals surface area contributed by atoms with E-state index in [9.17, 15) is 45.9 Å². The maximum absolute atomic E-state index is 14.1. The number of carbonyl (C=O) groups is 4. The summed E-state index contributed by atoms with van der Waals surface area (Å²) in [4.78, 5) is 75.6. The number of imide groups is 1. The van der Waals surface area contributed by atoms with Crippen molar-refractivity contribution in [1.82, 2.24) is 44.0 Å². The van der Waals surface area contributed by atoms with Crippen molar-refractivity contribution in [2.75, 3.05) is 57.0 Å². The van der Waals surface area contributed by atoms with E-state index in [0.29, 0.717) is 42.0 Å². The average molecular weight is 934 g/mol. The first-order valence-electron chi connectivity index (χ1n) is 21.2. The van der Waals surface area contributed by atoms with Crippen molar-refractivity contribution in [2.24, 2.45) is 7.05 Å². The molecular formula is C44H44F5N11O7. The number of aryl methyl sites for hydroxylation is 2. The van der Waals surface area contributed by atoms with Gasteiger partial charge in [0.2, 0.25) is 17.7 Å². The van der Waals surface area contributed by atoms with Gasteiger partial charge < -0.3 is 24.7 Å². The lowest BCUT2D eigenvalue weighted by Crippen LogP contribution is -2.48. The Morgan fingerprint density at radius 3 is 2.58 bits per heavy atom. The minimum Gasteiger partial charge on any atom is -0.444 e. The number of morpholine rings is 1. The van der Waals surface area contributed by atoms with Crippen molar-refractivity contribution in [3.8, 4) is 17.1 Å². The monoisotopic (exact) mass is 933 g/mol. The van der Waals surface area contributed by atoms with Crippen LogP contribution in [0, 0.1) is 0 Å². The highest BCUT2D eigenvalue weighted by Gasteiger charge is 2.32. The number of aromatic nitrogens is 6. The Morgan fingerprint density at radius 1 is 1.04 bits per heavy atom. The summed E-state index contributed by atoms with van der Waals surface area (Å²) in [6, 6.07) is 13.7. The molecule has 2 aromatic carbocycles. The quantitative estimate of drug-likeness (QED) is 0.0907. The number of rotatable bonds is 15. The molecule has 2 aliphatic heterocycles. The van der Waals surface area contributed by atoms with Crippen molar-refractivity contribution in [2.45, 2.75) is 50.4 Å². The van der Waals surface area contributed by atoms with E-state index in [4.69, 9.17) is 9.15 Å². The molecule has 2 aliphatic rings. The molecule has 23 heteroatoms. The molecule has 352 valence electrons. The summed E-state index contributed by atoms with van der Waals surface area (Å²) in [6.07, 6.45) is -2.47. The second-order valence-corrected chi connectivity index (χ2v) is 16.2. The Kier molecular flexibility index (Phi) is 13.3. The van der Waals surface area contributed by atoms with Crippen LogP contribution < -0.4 is 21.6 Å². The first-order chi connectivity index (χ1) is 32.0. The van der Waals surface area contributed by atoms with Crippen LogP contribution in [0.3, 0.4) is 0 Å². The van der Waals surface area contributed by atoms with Gasteiger partial charge in [0.25, 0.3) is 18.2 Å². The van der Waals surface area contributed by atoms with Gasteiger partial charge in [-0.3, -0.25) is 38.5 Å². The molecule has 18 nitrogen and oxygen atoms in total. The SMILES string of the molecule is CN(C[C@H]1CN(CCCc2ccc3c(c2)n(C)c(=O)n3C2CCC(=O)NC2=O)CCO1)C(=O)c1ccc(-n2cc(NC(=O)c3coc(-c4ccnc(NCC(F)(F)F)c4)n3)c(C(F)F)n2)cc1. The zero-order chi connectivity index (χ0) is 47.6. The number of nitrogens with one attached hydrogen (secondary N) is 3. The zero-order valence-electron chi connectivity index (χ0n) is 36.1. The number of oxazole rings is 1. The molecule has 2 saturated heterocycles. The molecule has 0 radical (unpaired) electrons. The summed E-state index contributed by atoms with van der Waals surface area (Å²) in [5.41, 5.74) is 1.54. The molecule has 2 atom stereocenters. The molecule has 8 rings (SSSR count). The van der Waals surface area contributed by atoms with Gasteiger partial charge in [-0.2, -0.15) is 18.3 Å². The highest BCUT2D eigenvalue weighted by Crippen LogP contribution is 2.29. The van der Waals surface area contributed by atoms with Crippen molar-refractivity contribution in [3.63, 3.8) is 0 Å². The molecule has 0 aliphatic carbocycles. The van der Waals surface area contributed by atoms with Gasteiger partial charge in [0.05, 0.1) is 41.3 Å². The topological polar surface area (TPSA) is 204 Å². The third kappa shape index (κ3) is 10.6. The predicted molar refractivity (Wildman–Crippen MR) is 231 cm³/mol. The number of likely N-dealkylation sites (N-methyl/N-ethyl adjacent to an activating group) is 1. The molecule has 0 spiro atoms. The van der Waals surface area contributed by atoms with Crippen LogP contribution in [0.4, 0.5) is 33.5 Å². The van der Waals surface area contributed by atoms with E-state index in [1.165, 1.54) is 57.9 Å². The number of hydrogen-bond acceptors (Lipinski definition) is 12. The number of benzene rings is 2. The van der Waals surface area contributed by atoms with Crippen LogP contribution >= 0.6 is 0 Å². The molecule has 4 amide bonds. The largest absolute Gasteiger partial charge is 0.444 e. The smallest absolute Gasteiger partial charge is 0.405 e. The van der Waals surface area contributed by atoms with Gasteiger partial charge in [0.15, 0.2) is 11.4 Å². The number of ether oxygens (including phenoxy) is 1. The minimum atomic E-state index is -4.48. The molecule has 0 bridgehead atoms. The molecule has 1 unspecified atom stereocenters. The van der Waals surface area contributed by atoms with Gasteiger partial charge >= 0.3 is 11.9 Å². The number of pyridine rings is 1. The molecule has 2 fully saturated rings. The van der Waals surface area contributed by atoms with Gasteiger partial charge in [-0.1, -0.05) is 6.07 Å². The molecule has 0 saturated carbocycles. The molecule has 6 aromatic rings. The maximum atomic E-state index is 14.1. The van der Waals surface area contributed by atoms with Gasteiger partial charge in [0, 0.05) is 57.5 Å². The normalized spacial score (nSPS) is 17.0. The Hall–Kier alpha value is -7.27. The van der Waals surface area contributed by atoms with Crippen molar-refractivity contribution in [1.29, 1.82) is 0 Å². The molecule has 3 N–H and O–H groups in total. The van der Waals surface area contributed by atoms with E-state index in [-0.39, 0.29) is 65.1 Å². The number of imidazole rings is 1. The summed E-state index contributed by atoms with van der Waals surface area (Å²) < 4.78 is 81.6. The molecule has 67 heavy (non-hydrogen) atoms. The standard InChI is InChI=1S/C44H44F5N11O7/c1-56(20-29-21-58(16-17-66-29)15-3-4-25-5-10-32-34(18-25)57(2)43(65)60(32)33-11-12-36(61)54-40(33)63)42(64)26-6-8-28(9-7-26)59-22-30(37(55-59)38(45)46)52-39(62)31-23-67-41(53-31)27-13-14-50-35(19-27)51-24-44(47,48)49/h5-10,13-14,18-19,22-23,29,33,38H,3-4,11-12,15-17,20-21,24H2,1-2H3,(H,50,51)(H,52,62)(H,54,61,63)/t29-,33?/m0/s1. The van der Waals surface area contributed by atoms with Crippen LogP contribution in [-0.2, 0) is 27.8 Å². The van der Waals surface area contributed by atoms with Crippen LogP contribution in [0.2, 0.25) is 0 Å². The van der Waals surface area contributed by atoms with Gasteiger partial charge in [-0.15, -0.1) is 0 Å². The van der Waals surface area contributed by atoms with Gasteiger partial charge in [-0.25, -0.2) is 28.2 Å². The van der Waals surface area contributed by atoms with Crippen LogP contribution in [-0.4, -0.2) is 121 Å². The predicted octanol–water partition coefficient (Wildman–Crippen LogP) is 5.12. The lowest BCUT2D eigenvalue weighted by atomic mass is 10.0. The van der Waals surface area contributed by atoms with E-state index in [0.717, 1.165) is 42.4 Å². The van der Waals surface area contributed by atoms with Crippen LogP contribution in [0.5, 0.6) is 0 Å². The number of fused-ring (bicyclic) bond motifs is 1. The van der Waals surface area contributed by atoms with E-state index in [1.54, 1.807) is 19.0 Å². The molecule has 6 heterocycles. The van der Waals surface area contributed by atoms with E-state index < -0.39 is 42.7 Å². The summed E-state index contributed by atoms with van der Waals surface area (Å²) in [7, 11) is 3.32. The summed E-state index contributed by atoms with van der Waals surface area (Å²) in [6.45, 7) is 1.55. The van der Waals surface area contributed by atoms with Gasteiger partial charge in [0.1, 0.15) is 24.7 Å². The minimum absolute atomic E-state index is 0.115. The van der Waals surface area contributed by atoms with Crippen molar-refractivity contribution < 1.29 is 50.3 Å². The number of amides is 4. The first kappa shape index (κ1) is 46.3. The van der Waals surface area contributed by atoms with Crippen LogP contribution in [0.25, 0.3) is 28.2 Å². The number of piperidine rings is 1. The maximum Gasteiger partial charge on any atom is 0.405 e. The number of carbonyl (C=O) groups excluding carboxylic acids is 4. The summed E-state index contributed by atoms with van der Waals surface area (Å²) in [5, 5.41) is 10.8. The Balaban J connectivity index is 0.835. The lowest BCUT2D eigenvalue weighted by Gasteiger charge is -2.34. The third-order valence-corrected chi connectivity index (χ3v) is 11.5. The number of anilines is 2. The van der Waals surface area contributed by atoms with Crippen molar-refractivity contribution in [3.05, 3.63) is 106 Å². The van der Waals surface area contributed by atoms with Crippen LogP contribution in [0.1, 0.15) is 63.8 Å². The lowest BCUT2D eigenvalue weighted by molar-refractivity contribution is -0.135. The number of halogens is 5.